The summed E-state index contributed by atoms with van der Waals surface area (Å²) in [5, 5.41) is 0. The Hall–Kier alpha value is 0.488. The summed E-state index contributed by atoms with van der Waals surface area (Å²) in [6, 6.07) is 0. The molecule has 0 aliphatic heterocycles. The van der Waals surface area contributed by atoms with Crippen molar-refractivity contribution in [3.8, 4) is 0 Å². The minimum atomic E-state index is -2.29. The van der Waals surface area contributed by atoms with E-state index in [9.17, 15) is 0 Å². The SMILES string of the molecule is C.C.C.C.C.C.C=C[Si](C)(O[Si](C)(C)C)O[Si](C)(C)OC[SiH](C)C. The molecule has 1 atom stereocenters. The van der Waals surface area contributed by atoms with Crippen LogP contribution in [0.25, 0.3) is 0 Å². The van der Waals surface area contributed by atoms with Gasteiger partial charge in [0.15, 0.2) is 8.32 Å². The van der Waals surface area contributed by atoms with Crippen molar-refractivity contribution < 1.29 is 12.7 Å². The Labute approximate surface area is 162 Å². The molecular weight excluding hydrogens is 365 g/mol. The highest BCUT2D eigenvalue weighted by Gasteiger charge is 2.40. The molecule has 0 heterocycles. The van der Waals surface area contributed by atoms with E-state index < -0.39 is 34.2 Å². The summed E-state index contributed by atoms with van der Waals surface area (Å²) in [6.07, 6.45) is 0.883. The molecule has 0 saturated heterocycles. The van der Waals surface area contributed by atoms with Gasteiger partial charge in [0.1, 0.15) is 0 Å². The molecule has 0 saturated carbocycles. The van der Waals surface area contributed by atoms with Crippen LogP contribution in [0.3, 0.4) is 0 Å². The van der Waals surface area contributed by atoms with Gasteiger partial charge >= 0.3 is 17.1 Å². The second-order valence-corrected chi connectivity index (χ2v) is 21.1. The molecule has 0 bridgehead atoms. The van der Waals surface area contributed by atoms with Crippen LogP contribution in [0.5, 0.6) is 0 Å². The molecule has 0 aromatic heterocycles. The maximum Gasteiger partial charge on any atom is 0.342 e. The molecule has 7 heteroatoms. The van der Waals surface area contributed by atoms with Crippen molar-refractivity contribution >= 4 is 34.2 Å². The quantitative estimate of drug-likeness (QED) is 0.389. The summed E-state index contributed by atoms with van der Waals surface area (Å²) in [6.45, 7) is 21.3. The summed E-state index contributed by atoms with van der Waals surface area (Å²) < 4.78 is 18.5. The van der Waals surface area contributed by atoms with Crippen LogP contribution in [0.2, 0.25) is 52.4 Å². The van der Waals surface area contributed by atoms with E-state index in [1.54, 1.807) is 0 Å². The van der Waals surface area contributed by atoms with Crippen LogP contribution in [0.15, 0.2) is 12.3 Å². The van der Waals surface area contributed by atoms with Crippen molar-refractivity contribution in [2.75, 3.05) is 6.23 Å². The van der Waals surface area contributed by atoms with E-state index in [-0.39, 0.29) is 44.6 Å². The van der Waals surface area contributed by atoms with Crippen LogP contribution in [-0.2, 0) is 12.7 Å². The van der Waals surface area contributed by atoms with Gasteiger partial charge in [-0.25, -0.2) is 0 Å². The van der Waals surface area contributed by atoms with E-state index in [1.807, 2.05) is 5.70 Å². The molecule has 1 unspecified atom stereocenters. The second-order valence-electron chi connectivity index (χ2n) is 6.64. The summed E-state index contributed by atoms with van der Waals surface area (Å²) in [5.41, 5.74) is 1.89. The summed E-state index contributed by atoms with van der Waals surface area (Å²) in [4.78, 5) is 0. The molecule has 0 aromatic rings. The molecule has 24 heavy (non-hydrogen) atoms. The number of hydrogen-bond acceptors (Lipinski definition) is 3. The van der Waals surface area contributed by atoms with Gasteiger partial charge in [0.2, 0.25) is 0 Å². The predicted molar refractivity (Wildman–Crippen MR) is 130 cm³/mol. The van der Waals surface area contributed by atoms with E-state index in [1.165, 1.54) is 0 Å². The first-order valence-corrected chi connectivity index (χ1v) is 18.3. The summed E-state index contributed by atoms with van der Waals surface area (Å²) in [7, 11) is -6.71. The molecule has 0 aliphatic rings. The first-order chi connectivity index (χ1) is 7.89. The lowest BCUT2D eigenvalue weighted by Gasteiger charge is -2.37. The van der Waals surface area contributed by atoms with Gasteiger partial charge in [-0.1, -0.05) is 63.4 Å². The molecule has 0 N–H and O–H groups in total. The summed E-state index contributed by atoms with van der Waals surface area (Å²) in [5.74, 6) is 0. The smallest absolute Gasteiger partial charge is 0.342 e. The third-order valence-corrected chi connectivity index (χ3v) is 12.5. The number of hydrogen-bond donors (Lipinski definition) is 0. The van der Waals surface area contributed by atoms with E-state index in [4.69, 9.17) is 12.7 Å². The topological polar surface area (TPSA) is 27.7 Å². The monoisotopic (exact) mass is 418 g/mol. The van der Waals surface area contributed by atoms with Crippen molar-refractivity contribution in [3.05, 3.63) is 12.3 Å². The summed E-state index contributed by atoms with van der Waals surface area (Å²) >= 11 is 0. The second kappa shape index (κ2) is 16.9. The van der Waals surface area contributed by atoms with Crippen molar-refractivity contribution in [2.45, 2.75) is 96.9 Å². The van der Waals surface area contributed by atoms with Crippen molar-refractivity contribution in [2.24, 2.45) is 0 Å². The first kappa shape index (κ1) is 44.2. The molecule has 0 radical (unpaired) electrons. The van der Waals surface area contributed by atoms with Crippen LogP contribution in [0.4, 0.5) is 0 Å². The van der Waals surface area contributed by atoms with Gasteiger partial charge in [0.05, 0.1) is 8.80 Å². The zero-order valence-corrected chi connectivity index (χ0v) is 17.4. The third kappa shape index (κ3) is 22.5. The average molecular weight is 419 g/mol. The van der Waals surface area contributed by atoms with Crippen molar-refractivity contribution in [1.82, 2.24) is 0 Å². The minimum Gasteiger partial charge on any atom is -0.434 e. The maximum atomic E-state index is 6.27. The lowest BCUT2D eigenvalue weighted by molar-refractivity contribution is 0.267. The zero-order chi connectivity index (χ0) is 14.6. The van der Waals surface area contributed by atoms with Gasteiger partial charge in [-0.15, -0.1) is 6.58 Å². The molecule has 0 aromatic carbocycles. The van der Waals surface area contributed by atoms with Gasteiger partial charge in [0, 0.05) is 6.23 Å². The Morgan fingerprint density at radius 1 is 0.792 bits per heavy atom. The average Bonchev–Trinajstić information content (AvgIpc) is 2.11. The Bertz CT molecular complexity index is 279. The highest BCUT2D eigenvalue weighted by molar-refractivity contribution is 6.88. The van der Waals surface area contributed by atoms with Gasteiger partial charge in [-0.3, -0.25) is 0 Å². The largest absolute Gasteiger partial charge is 0.434 e. The molecule has 156 valence electrons. The highest BCUT2D eigenvalue weighted by Crippen LogP contribution is 2.22. The van der Waals surface area contributed by atoms with Crippen LogP contribution in [-0.4, -0.2) is 40.5 Å². The van der Waals surface area contributed by atoms with Crippen molar-refractivity contribution in [1.29, 1.82) is 0 Å². The minimum absolute atomic E-state index is 0. The van der Waals surface area contributed by atoms with Gasteiger partial charge in [-0.2, -0.15) is 0 Å². The normalized spacial score (nSPS) is 12.5. The van der Waals surface area contributed by atoms with E-state index in [0.717, 1.165) is 6.23 Å². The zero-order valence-electron chi connectivity index (χ0n) is 13.3. The fourth-order valence-corrected chi connectivity index (χ4v) is 14.7. The third-order valence-electron chi connectivity index (χ3n) is 2.09. The lowest BCUT2D eigenvalue weighted by atomic mass is 11.3. The van der Waals surface area contributed by atoms with E-state index in [0.29, 0.717) is 0 Å². The Morgan fingerprint density at radius 2 is 1.17 bits per heavy atom. The lowest BCUT2D eigenvalue weighted by Crippen LogP contribution is -2.54. The fraction of sp³-hybridized carbons (Fsp3) is 0.882. The molecular formula is C17H54O3Si4. The molecule has 0 amide bonds. The van der Waals surface area contributed by atoms with Crippen LogP contribution in [0.1, 0.15) is 44.6 Å². The molecule has 0 spiro atoms. The van der Waals surface area contributed by atoms with E-state index in [2.05, 4.69) is 59.0 Å². The Balaban J connectivity index is -0.0000000963. The van der Waals surface area contributed by atoms with E-state index >= 15 is 0 Å². The predicted octanol–water partition coefficient (Wildman–Crippen LogP) is 7.21. The standard InChI is InChI=1S/C11H30O3Si4.6CH4/c1-10-18(9,13-16(4,5)6)14-17(7,8)12-11-15(2)3;;;;;;/h10,15H,1,11H2,2-9H3;6*1H4. The Kier molecular flexibility index (Phi) is 31.2. The van der Waals surface area contributed by atoms with Gasteiger partial charge < -0.3 is 12.7 Å². The van der Waals surface area contributed by atoms with Gasteiger partial charge in [-0.05, 0) is 39.3 Å². The maximum absolute atomic E-state index is 6.27. The highest BCUT2D eigenvalue weighted by atomic mass is 28.5. The van der Waals surface area contributed by atoms with Crippen molar-refractivity contribution in [3.63, 3.8) is 0 Å². The Morgan fingerprint density at radius 3 is 1.42 bits per heavy atom. The molecule has 3 nitrogen and oxygen atoms in total. The van der Waals surface area contributed by atoms with Crippen LogP contribution in [0, 0.1) is 0 Å². The molecule has 0 rings (SSSR count). The van der Waals surface area contributed by atoms with Crippen LogP contribution >= 0.6 is 0 Å². The molecule has 0 aliphatic carbocycles. The first-order valence-electron chi connectivity index (χ1n) is 6.57. The van der Waals surface area contributed by atoms with Crippen LogP contribution < -0.4 is 0 Å². The number of rotatable bonds is 8. The fourth-order valence-electron chi connectivity index (χ4n) is 1.60. The molecule has 0 fully saturated rings. The van der Waals surface area contributed by atoms with Gasteiger partial charge in [0.25, 0.3) is 0 Å².